The number of nitrogens with zero attached hydrogens (tertiary/aromatic N) is 1. The predicted molar refractivity (Wildman–Crippen MR) is 70.7 cm³/mol. The second-order valence-electron chi connectivity index (χ2n) is 4.22. The van der Waals surface area contributed by atoms with Crippen molar-refractivity contribution in [1.82, 2.24) is 5.32 Å². The maximum atomic E-state index is 13.1. The van der Waals surface area contributed by atoms with Gasteiger partial charge < -0.3 is 10.2 Å². The summed E-state index contributed by atoms with van der Waals surface area (Å²) in [6.07, 6.45) is 1.05. The van der Waals surface area contributed by atoms with Gasteiger partial charge in [-0.1, -0.05) is 30.1 Å². The van der Waals surface area contributed by atoms with Crippen molar-refractivity contribution < 1.29 is 4.39 Å². The Morgan fingerprint density at radius 2 is 2.06 bits per heavy atom. The molecule has 1 unspecified atom stereocenters. The maximum absolute atomic E-state index is 13.1. The Kier molecular flexibility index (Phi) is 4.13. The van der Waals surface area contributed by atoms with Gasteiger partial charge in [-0.05, 0) is 18.6 Å². The number of halogens is 3. The topological polar surface area (TPSA) is 15.3 Å². The van der Waals surface area contributed by atoms with Crippen molar-refractivity contribution in [2.24, 2.45) is 0 Å². The lowest BCUT2D eigenvalue weighted by molar-refractivity contribution is 0.447. The first kappa shape index (κ1) is 12.9. The molecule has 5 heteroatoms. The SMILES string of the molecule is CCC1CN(c2c(Cl)cc(F)cc2Cl)CCN1. The zero-order chi connectivity index (χ0) is 12.4. The molecule has 2 nitrogen and oxygen atoms in total. The Labute approximate surface area is 111 Å². The molecule has 1 aromatic rings. The second kappa shape index (κ2) is 5.42. The number of benzene rings is 1. The van der Waals surface area contributed by atoms with Crippen molar-refractivity contribution in [2.45, 2.75) is 19.4 Å². The highest BCUT2D eigenvalue weighted by Gasteiger charge is 2.22. The highest BCUT2D eigenvalue weighted by atomic mass is 35.5. The van der Waals surface area contributed by atoms with Crippen molar-refractivity contribution in [3.05, 3.63) is 28.0 Å². The van der Waals surface area contributed by atoms with Gasteiger partial charge in [0, 0.05) is 25.7 Å². The van der Waals surface area contributed by atoms with E-state index in [1.807, 2.05) is 0 Å². The fraction of sp³-hybridized carbons (Fsp3) is 0.500. The molecule has 1 aliphatic rings. The van der Waals surface area contributed by atoms with Crippen LogP contribution in [0.1, 0.15) is 13.3 Å². The van der Waals surface area contributed by atoms with E-state index in [4.69, 9.17) is 23.2 Å². The molecule has 0 spiro atoms. The third kappa shape index (κ3) is 2.84. The summed E-state index contributed by atoms with van der Waals surface area (Å²) in [6, 6.07) is 3.05. The van der Waals surface area contributed by atoms with E-state index in [1.54, 1.807) is 0 Å². The molecular formula is C12H15Cl2FN2. The normalized spacial score (nSPS) is 20.7. The second-order valence-corrected chi connectivity index (χ2v) is 5.04. The molecule has 0 amide bonds. The summed E-state index contributed by atoms with van der Waals surface area (Å²) in [6.45, 7) is 4.71. The van der Waals surface area contributed by atoms with E-state index in [-0.39, 0.29) is 0 Å². The van der Waals surface area contributed by atoms with Crippen LogP contribution in [0.2, 0.25) is 10.0 Å². The standard InChI is InChI=1S/C12H15Cl2FN2/c1-2-9-7-17(4-3-16-9)12-10(13)5-8(15)6-11(12)14/h5-6,9,16H,2-4,7H2,1H3. The molecule has 1 N–H and O–H groups in total. The largest absolute Gasteiger partial charge is 0.366 e. The summed E-state index contributed by atoms with van der Waals surface area (Å²) < 4.78 is 13.1. The van der Waals surface area contributed by atoms with Crippen molar-refractivity contribution in [3.8, 4) is 0 Å². The van der Waals surface area contributed by atoms with E-state index in [2.05, 4.69) is 17.1 Å². The van der Waals surface area contributed by atoms with Crippen molar-refractivity contribution in [2.75, 3.05) is 24.5 Å². The fourth-order valence-electron chi connectivity index (χ4n) is 2.14. The third-order valence-electron chi connectivity index (χ3n) is 3.05. The molecule has 0 bridgehead atoms. The molecule has 1 saturated heterocycles. The summed E-state index contributed by atoms with van der Waals surface area (Å²) in [5, 5.41) is 4.18. The molecule has 1 aromatic carbocycles. The monoisotopic (exact) mass is 276 g/mol. The zero-order valence-electron chi connectivity index (χ0n) is 9.64. The number of hydrogen-bond donors (Lipinski definition) is 1. The van der Waals surface area contributed by atoms with Crippen molar-refractivity contribution in [1.29, 1.82) is 0 Å². The fourth-order valence-corrected chi connectivity index (χ4v) is 2.84. The zero-order valence-corrected chi connectivity index (χ0v) is 11.2. The summed E-state index contributed by atoms with van der Waals surface area (Å²) in [4.78, 5) is 2.12. The van der Waals surface area contributed by atoms with Gasteiger partial charge in [0.2, 0.25) is 0 Å². The summed E-state index contributed by atoms with van der Waals surface area (Å²) >= 11 is 12.1. The Hall–Kier alpha value is -0.510. The lowest BCUT2D eigenvalue weighted by Crippen LogP contribution is -2.50. The number of piperazine rings is 1. The van der Waals surface area contributed by atoms with E-state index < -0.39 is 5.82 Å². The van der Waals surface area contributed by atoms with Crippen LogP contribution >= 0.6 is 23.2 Å². The Morgan fingerprint density at radius 1 is 1.41 bits per heavy atom. The molecule has 1 fully saturated rings. The maximum Gasteiger partial charge on any atom is 0.126 e. The van der Waals surface area contributed by atoms with Gasteiger partial charge in [0.25, 0.3) is 0 Å². The molecular weight excluding hydrogens is 262 g/mol. The van der Waals surface area contributed by atoms with Crippen LogP contribution in [-0.4, -0.2) is 25.7 Å². The lowest BCUT2D eigenvalue weighted by Gasteiger charge is -2.35. The average Bonchev–Trinajstić information content (AvgIpc) is 2.28. The van der Waals surface area contributed by atoms with E-state index in [0.717, 1.165) is 31.7 Å². The first-order valence-corrected chi connectivity index (χ1v) is 6.50. The summed E-state index contributed by atoms with van der Waals surface area (Å²) in [5.74, 6) is -0.397. The van der Waals surface area contributed by atoms with Crippen molar-refractivity contribution in [3.63, 3.8) is 0 Å². The minimum absolute atomic E-state index is 0.381. The summed E-state index contributed by atoms with van der Waals surface area (Å²) in [5.41, 5.74) is 0.745. The quantitative estimate of drug-likeness (QED) is 0.892. The molecule has 0 saturated carbocycles. The molecule has 1 aliphatic heterocycles. The molecule has 1 heterocycles. The number of rotatable bonds is 2. The van der Waals surface area contributed by atoms with Gasteiger partial charge in [-0.15, -0.1) is 0 Å². The van der Waals surface area contributed by atoms with Crippen LogP contribution in [0.15, 0.2) is 12.1 Å². The predicted octanol–water partition coefficient (Wildman–Crippen LogP) is 3.32. The van der Waals surface area contributed by atoms with Crippen LogP contribution in [0.4, 0.5) is 10.1 Å². The van der Waals surface area contributed by atoms with Crippen LogP contribution in [0.5, 0.6) is 0 Å². The first-order chi connectivity index (χ1) is 8.11. The highest BCUT2D eigenvalue weighted by molar-refractivity contribution is 6.39. The van der Waals surface area contributed by atoms with Crippen LogP contribution in [0.25, 0.3) is 0 Å². The van der Waals surface area contributed by atoms with E-state index in [0.29, 0.717) is 16.1 Å². The third-order valence-corrected chi connectivity index (χ3v) is 3.62. The van der Waals surface area contributed by atoms with E-state index >= 15 is 0 Å². The van der Waals surface area contributed by atoms with Gasteiger partial charge >= 0.3 is 0 Å². The molecule has 0 aromatic heterocycles. The van der Waals surface area contributed by atoms with Gasteiger partial charge in [-0.3, -0.25) is 0 Å². The smallest absolute Gasteiger partial charge is 0.126 e. The van der Waals surface area contributed by atoms with E-state index in [9.17, 15) is 4.39 Å². The average molecular weight is 277 g/mol. The lowest BCUT2D eigenvalue weighted by atomic mass is 10.1. The van der Waals surface area contributed by atoms with Crippen molar-refractivity contribution >= 4 is 28.9 Å². The molecule has 17 heavy (non-hydrogen) atoms. The molecule has 0 aliphatic carbocycles. The summed E-state index contributed by atoms with van der Waals surface area (Å²) in [7, 11) is 0. The van der Waals surface area contributed by atoms with Gasteiger partial charge in [0.05, 0.1) is 15.7 Å². The minimum Gasteiger partial charge on any atom is -0.366 e. The molecule has 94 valence electrons. The Bertz CT molecular complexity index is 388. The highest BCUT2D eigenvalue weighted by Crippen LogP contribution is 2.35. The number of hydrogen-bond acceptors (Lipinski definition) is 2. The van der Waals surface area contributed by atoms with Gasteiger partial charge in [-0.2, -0.15) is 0 Å². The van der Waals surface area contributed by atoms with Crippen LogP contribution in [0, 0.1) is 5.82 Å². The molecule has 2 rings (SSSR count). The van der Waals surface area contributed by atoms with Gasteiger partial charge in [-0.25, -0.2) is 4.39 Å². The minimum atomic E-state index is -0.397. The van der Waals surface area contributed by atoms with Crippen LogP contribution in [-0.2, 0) is 0 Å². The Morgan fingerprint density at radius 3 is 2.65 bits per heavy atom. The first-order valence-electron chi connectivity index (χ1n) is 5.74. The molecule has 0 radical (unpaired) electrons. The van der Waals surface area contributed by atoms with Gasteiger partial charge in [0.1, 0.15) is 5.82 Å². The Balaban J connectivity index is 2.27. The van der Waals surface area contributed by atoms with Crippen LogP contribution in [0.3, 0.4) is 0 Å². The molecule has 1 atom stereocenters. The van der Waals surface area contributed by atoms with Crippen LogP contribution < -0.4 is 10.2 Å². The van der Waals surface area contributed by atoms with Gasteiger partial charge in [0.15, 0.2) is 0 Å². The number of anilines is 1. The van der Waals surface area contributed by atoms with E-state index in [1.165, 1.54) is 12.1 Å². The number of nitrogens with one attached hydrogen (secondary N) is 1.